The molecule has 1 aromatic heterocycles. The van der Waals surface area contributed by atoms with Crippen molar-refractivity contribution in [2.24, 2.45) is 0 Å². The molecule has 1 saturated heterocycles. The maximum Gasteiger partial charge on any atom is 0.192 e. The molecule has 0 unspecified atom stereocenters. The van der Waals surface area contributed by atoms with Crippen molar-refractivity contribution in [2.45, 2.75) is 35.4 Å². The molecule has 2 aromatic rings. The van der Waals surface area contributed by atoms with Gasteiger partial charge in [-0.2, -0.15) is 0 Å². The number of benzene rings is 1. The highest BCUT2D eigenvalue weighted by Gasteiger charge is 2.39. The number of rotatable bonds is 4. The monoisotopic (exact) mass is 369 g/mol. The van der Waals surface area contributed by atoms with E-state index in [9.17, 15) is 17.9 Å². The van der Waals surface area contributed by atoms with Crippen molar-refractivity contribution in [1.82, 2.24) is 14.8 Å². The van der Waals surface area contributed by atoms with E-state index in [0.29, 0.717) is 16.5 Å². The van der Waals surface area contributed by atoms with Crippen LogP contribution in [0.3, 0.4) is 0 Å². The number of sulfone groups is 1. The van der Waals surface area contributed by atoms with Crippen molar-refractivity contribution < 1.29 is 17.9 Å². The highest BCUT2D eigenvalue weighted by Crippen LogP contribution is 2.43. The van der Waals surface area contributed by atoms with Crippen LogP contribution in [-0.4, -0.2) is 51.1 Å². The number of aliphatic hydroxyl groups is 1. The second-order valence-corrected chi connectivity index (χ2v) is 9.55. The zero-order valence-electron chi connectivity index (χ0n) is 12.7. The Morgan fingerprint density at radius 2 is 1.96 bits per heavy atom. The van der Waals surface area contributed by atoms with Crippen LogP contribution in [0.2, 0.25) is 0 Å². The van der Waals surface area contributed by atoms with E-state index in [1.807, 2.05) is 4.57 Å². The lowest BCUT2D eigenvalue weighted by molar-refractivity contribution is 0.207. The van der Waals surface area contributed by atoms with E-state index in [4.69, 9.17) is 0 Å². The molecule has 1 aliphatic heterocycles. The minimum Gasteiger partial charge on any atom is -0.391 e. The summed E-state index contributed by atoms with van der Waals surface area (Å²) in [6.07, 6.45) is 0.998. The molecule has 1 aliphatic carbocycles. The third-order valence-electron chi connectivity index (χ3n) is 4.22. The standard InChI is InChI=1S/C15H16FN3O3S2/c16-11-4-2-1-3-10(11)14-17-18-15(19(14)9-5-6-9)23-13-8-24(21,22)7-12(13)20/h1-4,9,12-13,20H,5-8H2/t12-,13+/m0/s1. The molecule has 2 fully saturated rings. The summed E-state index contributed by atoms with van der Waals surface area (Å²) < 4.78 is 39.3. The molecule has 1 N–H and O–H groups in total. The van der Waals surface area contributed by atoms with Crippen LogP contribution in [0.15, 0.2) is 29.4 Å². The number of aliphatic hydroxyl groups excluding tert-OH is 1. The fourth-order valence-electron chi connectivity index (χ4n) is 2.89. The zero-order valence-corrected chi connectivity index (χ0v) is 14.3. The molecule has 1 aromatic carbocycles. The molecule has 0 radical (unpaired) electrons. The van der Waals surface area contributed by atoms with Gasteiger partial charge in [-0.1, -0.05) is 23.9 Å². The lowest BCUT2D eigenvalue weighted by Crippen LogP contribution is -2.20. The maximum absolute atomic E-state index is 14.1. The smallest absolute Gasteiger partial charge is 0.192 e. The number of hydrogen-bond donors (Lipinski definition) is 1. The van der Waals surface area contributed by atoms with Crippen molar-refractivity contribution in [2.75, 3.05) is 11.5 Å². The summed E-state index contributed by atoms with van der Waals surface area (Å²) in [6.45, 7) is 0. The van der Waals surface area contributed by atoms with Crippen molar-refractivity contribution >= 4 is 21.6 Å². The van der Waals surface area contributed by atoms with Gasteiger partial charge in [0.25, 0.3) is 0 Å². The number of thioether (sulfide) groups is 1. The summed E-state index contributed by atoms with van der Waals surface area (Å²) in [5, 5.41) is 18.3. The first-order valence-electron chi connectivity index (χ1n) is 7.69. The number of hydrogen-bond acceptors (Lipinski definition) is 6. The number of nitrogens with zero attached hydrogens (tertiary/aromatic N) is 3. The average molecular weight is 369 g/mol. The summed E-state index contributed by atoms with van der Waals surface area (Å²) in [7, 11) is -3.22. The van der Waals surface area contributed by atoms with E-state index in [2.05, 4.69) is 10.2 Å². The molecule has 2 aliphatic rings. The van der Waals surface area contributed by atoms with Gasteiger partial charge in [0.15, 0.2) is 20.8 Å². The van der Waals surface area contributed by atoms with Crippen molar-refractivity contribution in [3.05, 3.63) is 30.1 Å². The van der Waals surface area contributed by atoms with E-state index in [0.717, 1.165) is 12.8 Å². The Bertz CT molecular complexity index is 880. The normalized spacial score (nSPS) is 25.9. The zero-order chi connectivity index (χ0) is 16.9. The lowest BCUT2D eigenvalue weighted by Gasteiger charge is -2.13. The first-order chi connectivity index (χ1) is 11.4. The van der Waals surface area contributed by atoms with Gasteiger partial charge in [-0.3, -0.25) is 4.57 Å². The second kappa shape index (κ2) is 5.82. The van der Waals surface area contributed by atoms with E-state index < -0.39 is 21.2 Å². The molecule has 2 atom stereocenters. The van der Waals surface area contributed by atoms with Gasteiger partial charge in [0.2, 0.25) is 0 Å². The largest absolute Gasteiger partial charge is 0.391 e. The molecule has 1 saturated carbocycles. The van der Waals surface area contributed by atoms with Gasteiger partial charge in [-0.25, -0.2) is 12.8 Å². The molecule has 0 spiro atoms. The van der Waals surface area contributed by atoms with Crippen LogP contribution < -0.4 is 0 Å². The number of aromatic nitrogens is 3. The Morgan fingerprint density at radius 3 is 2.58 bits per heavy atom. The fraction of sp³-hybridized carbons (Fsp3) is 0.467. The molecule has 128 valence electrons. The summed E-state index contributed by atoms with van der Waals surface area (Å²) in [4.78, 5) is 0. The first-order valence-corrected chi connectivity index (χ1v) is 10.4. The lowest BCUT2D eigenvalue weighted by atomic mass is 10.2. The van der Waals surface area contributed by atoms with Crippen LogP contribution in [0.5, 0.6) is 0 Å². The van der Waals surface area contributed by atoms with Crippen LogP contribution in [0, 0.1) is 5.82 Å². The van der Waals surface area contributed by atoms with Gasteiger partial charge >= 0.3 is 0 Å². The minimum atomic E-state index is -3.22. The summed E-state index contributed by atoms with van der Waals surface area (Å²) in [6, 6.07) is 6.59. The highest BCUT2D eigenvalue weighted by molar-refractivity contribution is 8.01. The van der Waals surface area contributed by atoms with Gasteiger partial charge in [-0.15, -0.1) is 10.2 Å². The van der Waals surface area contributed by atoms with Crippen LogP contribution in [-0.2, 0) is 9.84 Å². The topological polar surface area (TPSA) is 85.1 Å². The Hall–Kier alpha value is -1.45. The predicted molar refractivity (Wildman–Crippen MR) is 88.0 cm³/mol. The Morgan fingerprint density at radius 1 is 1.21 bits per heavy atom. The predicted octanol–water partition coefficient (Wildman–Crippen LogP) is 1.67. The third-order valence-corrected chi connectivity index (χ3v) is 7.42. The molecular formula is C15H16FN3O3S2. The van der Waals surface area contributed by atoms with E-state index in [1.165, 1.54) is 17.8 Å². The van der Waals surface area contributed by atoms with Crippen molar-refractivity contribution in [3.63, 3.8) is 0 Å². The number of halogens is 1. The van der Waals surface area contributed by atoms with Crippen molar-refractivity contribution in [3.8, 4) is 11.4 Å². The Balaban J connectivity index is 1.69. The van der Waals surface area contributed by atoms with Crippen LogP contribution >= 0.6 is 11.8 Å². The second-order valence-electron chi connectivity index (χ2n) is 6.19. The maximum atomic E-state index is 14.1. The van der Waals surface area contributed by atoms with Gasteiger partial charge in [0.05, 0.1) is 28.4 Å². The van der Waals surface area contributed by atoms with Gasteiger partial charge in [0, 0.05) is 6.04 Å². The van der Waals surface area contributed by atoms with E-state index in [1.54, 1.807) is 18.2 Å². The van der Waals surface area contributed by atoms with Crippen LogP contribution in [0.25, 0.3) is 11.4 Å². The molecule has 2 heterocycles. The first kappa shape index (κ1) is 16.0. The van der Waals surface area contributed by atoms with Gasteiger partial charge in [-0.05, 0) is 25.0 Å². The Labute approximate surface area is 143 Å². The highest BCUT2D eigenvalue weighted by atomic mass is 32.2. The SMILES string of the molecule is O=S1(=O)C[C@H](O)[C@H](Sc2nnc(-c3ccccc3F)n2C2CC2)C1. The minimum absolute atomic E-state index is 0.0780. The quantitative estimate of drug-likeness (QED) is 0.882. The molecule has 9 heteroatoms. The van der Waals surface area contributed by atoms with Gasteiger partial charge < -0.3 is 5.11 Å². The molecule has 4 rings (SSSR count). The van der Waals surface area contributed by atoms with Crippen molar-refractivity contribution in [1.29, 1.82) is 0 Å². The molecule has 0 bridgehead atoms. The average Bonchev–Trinajstić information content (AvgIpc) is 3.21. The van der Waals surface area contributed by atoms with E-state index >= 15 is 0 Å². The van der Waals surface area contributed by atoms with Crippen LogP contribution in [0.1, 0.15) is 18.9 Å². The molecular weight excluding hydrogens is 353 g/mol. The molecule has 6 nitrogen and oxygen atoms in total. The Kier molecular flexibility index (Phi) is 3.89. The third kappa shape index (κ3) is 2.96. The van der Waals surface area contributed by atoms with Crippen LogP contribution in [0.4, 0.5) is 4.39 Å². The summed E-state index contributed by atoms with van der Waals surface area (Å²) >= 11 is 1.22. The summed E-state index contributed by atoms with van der Waals surface area (Å²) in [5.74, 6) is -0.214. The molecule has 0 amide bonds. The summed E-state index contributed by atoms with van der Waals surface area (Å²) in [5.41, 5.74) is 0.378. The van der Waals surface area contributed by atoms with Gasteiger partial charge in [0.1, 0.15) is 5.82 Å². The fourth-order valence-corrected chi connectivity index (χ4v) is 6.48. The van der Waals surface area contributed by atoms with E-state index in [-0.39, 0.29) is 23.4 Å². The molecule has 24 heavy (non-hydrogen) atoms.